The molecule has 0 atom stereocenters. The highest BCUT2D eigenvalue weighted by Crippen LogP contribution is 2.39. The van der Waals surface area contributed by atoms with E-state index in [4.69, 9.17) is 4.74 Å². The third-order valence-corrected chi connectivity index (χ3v) is 6.16. The molecule has 1 heterocycles. The Hall–Kier alpha value is -3.31. The van der Waals surface area contributed by atoms with Gasteiger partial charge in [0.15, 0.2) is 0 Å². The molecule has 2 amide bonds. The van der Waals surface area contributed by atoms with Gasteiger partial charge in [-0.15, -0.1) is 11.8 Å². The lowest BCUT2D eigenvalue weighted by molar-refractivity contribution is -0.119. The first-order chi connectivity index (χ1) is 15.1. The van der Waals surface area contributed by atoms with E-state index in [9.17, 15) is 9.59 Å². The van der Waals surface area contributed by atoms with Crippen molar-refractivity contribution in [2.75, 3.05) is 11.5 Å². The summed E-state index contributed by atoms with van der Waals surface area (Å²) >= 11 is 1.41. The molecule has 0 radical (unpaired) electrons. The first kappa shape index (κ1) is 20.9. The molecule has 3 aromatic carbocycles. The number of thioether (sulfide) groups is 1. The van der Waals surface area contributed by atoms with Crippen LogP contribution in [0.25, 0.3) is 5.57 Å². The largest absolute Gasteiger partial charge is 0.494 e. The van der Waals surface area contributed by atoms with Crippen molar-refractivity contribution in [3.63, 3.8) is 0 Å². The van der Waals surface area contributed by atoms with Gasteiger partial charge in [0.05, 0.1) is 22.8 Å². The van der Waals surface area contributed by atoms with Gasteiger partial charge in [-0.05, 0) is 49.2 Å². The number of aryl methyl sites for hydroxylation is 1. The van der Waals surface area contributed by atoms with Gasteiger partial charge in [0.2, 0.25) is 0 Å². The van der Waals surface area contributed by atoms with Crippen LogP contribution < -0.4 is 9.64 Å². The zero-order valence-electron chi connectivity index (χ0n) is 17.5. The van der Waals surface area contributed by atoms with Crippen molar-refractivity contribution in [1.82, 2.24) is 0 Å². The average molecular weight is 430 g/mol. The first-order valence-electron chi connectivity index (χ1n) is 10.2. The second kappa shape index (κ2) is 9.23. The predicted molar refractivity (Wildman–Crippen MR) is 126 cm³/mol. The minimum Gasteiger partial charge on any atom is -0.494 e. The van der Waals surface area contributed by atoms with Crippen LogP contribution in [0.2, 0.25) is 0 Å². The van der Waals surface area contributed by atoms with Crippen LogP contribution >= 0.6 is 11.8 Å². The first-order valence-corrected chi connectivity index (χ1v) is 11.2. The van der Waals surface area contributed by atoms with Gasteiger partial charge >= 0.3 is 0 Å². The lowest BCUT2D eigenvalue weighted by atomic mass is 10.0. The minimum absolute atomic E-state index is 0.286. The van der Waals surface area contributed by atoms with E-state index in [0.717, 1.165) is 16.7 Å². The van der Waals surface area contributed by atoms with Gasteiger partial charge in [-0.2, -0.15) is 0 Å². The summed E-state index contributed by atoms with van der Waals surface area (Å²) in [6.45, 7) is 4.47. The van der Waals surface area contributed by atoms with Gasteiger partial charge < -0.3 is 4.74 Å². The Morgan fingerprint density at radius 3 is 2.16 bits per heavy atom. The van der Waals surface area contributed by atoms with Crippen molar-refractivity contribution in [2.45, 2.75) is 19.6 Å². The third-order valence-electron chi connectivity index (χ3n) is 5.01. The normalized spacial score (nSPS) is 13.8. The number of hydrogen-bond donors (Lipinski definition) is 0. The van der Waals surface area contributed by atoms with Gasteiger partial charge in [-0.1, -0.05) is 60.2 Å². The molecule has 0 saturated carbocycles. The molecular weight excluding hydrogens is 406 g/mol. The van der Waals surface area contributed by atoms with E-state index in [0.29, 0.717) is 34.3 Å². The monoisotopic (exact) mass is 429 g/mol. The number of rotatable bonds is 7. The van der Waals surface area contributed by atoms with Crippen molar-refractivity contribution in [3.05, 3.63) is 100 Å². The lowest BCUT2D eigenvalue weighted by Gasteiger charge is -2.16. The summed E-state index contributed by atoms with van der Waals surface area (Å²) in [7, 11) is 0. The van der Waals surface area contributed by atoms with E-state index in [1.165, 1.54) is 16.7 Å². The second-order valence-corrected chi connectivity index (χ2v) is 8.20. The summed E-state index contributed by atoms with van der Waals surface area (Å²) in [5.74, 6) is 0.733. The Bertz CT molecular complexity index is 1120. The number of ether oxygens (including phenoxy) is 1. The number of carbonyl (C=O) groups is 2. The topological polar surface area (TPSA) is 46.6 Å². The summed E-state index contributed by atoms with van der Waals surface area (Å²) in [6.07, 6.45) is 0. The summed E-state index contributed by atoms with van der Waals surface area (Å²) in [5.41, 5.74) is 3.96. The van der Waals surface area contributed by atoms with Crippen LogP contribution in [0.15, 0.2) is 83.8 Å². The third kappa shape index (κ3) is 4.42. The van der Waals surface area contributed by atoms with Crippen LogP contribution in [0.5, 0.6) is 5.75 Å². The maximum Gasteiger partial charge on any atom is 0.272 e. The molecule has 0 fully saturated rings. The van der Waals surface area contributed by atoms with Crippen LogP contribution in [0.1, 0.15) is 23.6 Å². The van der Waals surface area contributed by atoms with Crippen LogP contribution in [0, 0.1) is 6.92 Å². The molecule has 0 bridgehead atoms. The molecule has 0 aromatic heterocycles. The SMILES string of the molecule is CCOc1ccc(N2C(=O)C(SCc3ccccc3)=C(c3ccc(C)cc3)C2=O)cc1. The van der Waals surface area contributed by atoms with Gasteiger partial charge in [-0.3, -0.25) is 9.59 Å². The number of anilines is 1. The molecule has 4 nitrogen and oxygen atoms in total. The van der Waals surface area contributed by atoms with E-state index in [1.54, 1.807) is 24.3 Å². The summed E-state index contributed by atoms with van der Waals surface area (Å²) < 4.78 is 5.48. The molecule has 31 heavy (non-hydrogen) atoms. The van der Waals surface area contributed by atoms with Crippen molar-refractivity contribution >= 4 is 34.8 Å². The summed E-state index contributed by atoms with van der Waals surface area (Å²) in [4.78, 5) is 28.6. The number of benzene rings is 3. The van der Waals surface area contributed by atoms with Crippen LogP contribution in [-0.2, 0) is 15.3 Å². The van der Waals surface area contributed by atoms with E-state index in [-0.39, 0.29) is 11.8 Å². The maximum atomic E-state index is 13.4. The van der Waals surface area contributed by atoms with Crippen molar-refractivity contribution in [3.8, 4) is 5.75 Å². The molecule has 1 aliphatic rings. The van der Waals surface area contributed by atoms with Gasteiger partial charge in [-0.25, -0.2) is 4.90 Å². The summed E-state index contributed by atoms with van der Waals surface area (Å²) in [6, 6.07) is 24.7. The molecule has 1 aliphatic heterocycles. The molecular formula is C26H23NO3S. The van der Waals surface area contributed by atoms with Crippen LogP contribution in [0.3, 0.4) is 0 Å². The van der Waals surface area contributed by atoms with Crippen LogP contribution in [-0.4, -0.2) is 18.4 Å². The Kier molecular flexibility index (Phi) is 6.23. The van der Waals surface area contributed by atoms with Gasteiger partial charge in [0, 0.05) is 5.75 Å². The van der Waals surface area contributed by atoms with Gasteiger partial charge in [0.25, 0.3) is 11.8 Å². The van der Waals surface area contributed by atoms with Gasteiger partial charge in [0.1, 0.15) is 5.75 Å². The Labute approximate surface area is 186 Å². The fourth-order valence-corrected chi connectivity index (χ4v) is 4.51. The number of nitrogens with zero attached hydrogens (tertiary/aromatic N) is 1. The van der Waals surface area contributed by atoms with E-state index in [2.05, 4.69) is 0 Å². The molecule has 0 aliphatic carbocycles. The molecule has 5 heteroatoms. The molecule has 0 N–H and O–H groups in total. The highest BCUT2D eigenvalue weighted by Gasteiger charge is 2.40. The second-order valence-electron chi connectivity index (χ2n) is 7.22. The molecule has 0 unspecified atom stereocenters. The number of hydrogen-bond acceptors (Lipinski definition) is 4. The molecule has 0 saturated heterocycles. The zero-order chi connectivity index (χ0) is 21.8. The predicted octanol–water partition coefficient (Wildman–Crippen LogP) is 5.61. The Morgan fingerprint density at radius 1 is 0.839 bits per heavy atom. The Morgan fingerprint density at radius 2 is 1.52 bits per heavy atom. The fraction of sp³-hybridized carbons (Fsp3) is 0.154. The smallest absolute Gasteiger partial charge is 0.272 e. The van der Waals surface area contributed by atoms with Crippen LogP contribution in [0.4, 0.5) is 5.69 Å². The van der Waals surface area contributed by atoms with Crippen molar-refractivity contribution in [2.24, 2.45) is 0 Å². The molecule has 156 valence electrons. The highest BCUT2D eigenvalue weighted by molar-refractivity contribution is 8.03. The fourth-order valence-electron chi connectivity index (χ4n) is 3.44. The molecule has 3 aromatic rings. The molecule has 0 spiro atoms. The minimum atomic E-state index is -0.298. The van der Waals surface area contributed by atoms with Crippen molar-refractivity contribution < 1.29 is 14.3 Å². The number of amides is 2. The maximum absolute atomic E-state index is 13.4. The Balaban J connectivity index is 1.69. The summed E-state index contributed by atoms with van der Waals surface area (Å²) in [5, 5.41) is 0. The molecule has 4 rings (SSSR count). The van der Waals surface area contributed by atoms with E-state index in [1.807, 2.05) is 68.4 Å². The van der Waals surface area contributed by atoms with E-state index >= 15 is 0 Å². The standard InChI is InChI=1S/C26H23NO3S/c1-3-30-22-15-13-21(14-16-22)27-25(28)23(20-11-9-18(2)10-12-20)24(26(27)29)31-17-19-7-5-4-6-8-19/h4-16H,3,17H2,1-2H3. The highest BCUT2D eigenvalue weighted by atomic mass is 32.2. The van der Waals surface area contributed by atoms with E-state index < -0.39 is 0 Å². The average Bonchev–Trinajstić information content (AvgIpc) is 3.04. The lowest BCUT2D eigenvalue weighted by Crippen LogP contribution is -2.31. The number of carbonyl (C=O) groups excluding carboxylic acids is 2. The quantitative estimate of drug-likeness (QED) is 0.458. The van der Waals surface area contributed by atoms with Crippen molar-refractivity contribution in [1.29, 1.82) is 0 Å². The number of imide groups is 1. The zero-order valence-corrected chi connectivity index (χ0v) is 18.3.